The second-order valence-corrected chi connectivity index (χ2v) is 5.13. The number of amides is 1. The van der Waals surface area contributed by atoms with E-state index >= 15 is 0 Å². The first-order chi connectivity index (χ1) is 8.86. The van der Waals surface area contributed by atoms with Gasteiger partial charge in [-0.25, -0.2) is 0 Å². The highest BCUT2D eigenvalue weighted by molar-refractivity contribution is 6.17. The summed E-state index contributed by atoms with van der Waals surface area (Å²) in [4.78, 5) is 22.2. The second-order valence-electron chi connectivity index (χ2n) is 4.75. The van der Waals surface area contributed by atoms with Gasteiger partial charge >= 0.3 is 0 Å². The average Bonchev–Trinajstić information content (AvgIpc) is 2.70. The molecule has 0 aliphatic rings. The number of nitrogens with zero attached hydrogens (tertiary/aromatic N) is 2. The van der Waals surface area contributed by atoms with Crippen LogP contribution in [0.15, 0.2) is 12.3 Å². The van der Waals surface area contributed by atoms with Crippen LogP contribution in [0.4, 0.5) is 5.69 Å². The van der Waals surface area contributed by atoms with E-state index < -0.39 is 4.92 Å². The summed E-state index contributed by atoms with van der Waals surface area (Å²) >= 11 is 5.70. The molecule has 0 radical (unpaired) electrons. The maximum absolute atomic E-state index is 12.1. The van der Waals surface area contributed by atoms with Gasteiger partial charge in [-0.2, -0.15) is 0 Å². The lowest BCUT2D eigenvalue weighted by Gasteiger charge is -2.21. The first-order valence-electron chi connectivity index (χ1n) is 6.04. The topological polar surface area (TPSA) is 77.2 Å². The van der Waals surface area contributed by atoms with Crippen LogP contribution in [0.1, 0.15) is 30.8 Å². The Morgan fingerprint density at radius 3 is 2.63 bits per heavy atom. The minimum Gasteiger partial charge on any atom is -0.348 e. The van der Waals surface area contributed by atoms with Crippen molar-refractivity contribution in [2.24, 2.45) is 13.0 Å². The number of alkyl halides is 1. The molecule has 0 aromatic carbocycles. The summed E-state index contributed by atoms with van der Waals surface area (Å²) in [6.45, 7) is 3.98. The molecule has 0 saturated carbocycles. The second kappa shape index (κ2) is 6.56. The molecule has 1 aromatic heterocycles. The summed E-state index contributed by atoms with van der Waals surface area (Å²) < 4.78 is 1.45. The highest BCUT2D eigenvalue weighted by atomic mass is 35.5. The Morgan fingerprint density at radius 2 is 2.21 bits per heavy atom. The summed E-state index contributed by atoms with van der Waals surface area (Å²) in [5, 5.41) is 13.5. The number of nitro groups is 1. The summed E-state index contributed by atoms with van der Waals surface area (Å²) in [5.74, 6) is 0.383. The molecule has 19 heavy (non-hydrogen) atoms. The van der Waals surface area contributed by atoms with Crippen LogP contribution >= 0.6 is 11.6 Å². The third-order valence-corrected chi connectivity index (χ3v) is 3.19. The van der Waals surface area contributed by atoms with Gasteiger partial charge in [-0.3, -0.25) is 14.9 Å². The monoisotopic (exact) mass is 287 g/mol. The van der Waals surface area contributed by atoms with Gasteiger partial charge in [0.1, 0.15) is 5.69 Å². The lowest BCUT2D eigenvalue weighted by Crippen LogP contribution is -2.39. The predicted molar refractivity (Wildman–Crippen MR) is 73.5 cm³/mol. The maximum atomic E-state index is 12.1. The number of hydrogen-bond acceptors (Lipinski definition) is 3. The standard InChI is InChI=1S/C12H18ClN3O3/c1-8(2)10(4-5-13)14-12(17)11-6-9(16(18)19)7-15(11)3/h6-8,10H,4-5H2,1-3H3,(H,14,17). The van der Waals surface area contributed by atoms with E-state index in [9.17, 15) is 14.9 Å². The van der Waals surface area contributed by atoms with Gasteiger partial charge in [0.05, 0.1) is 11.1 Å². The van der Waals surface area contributed by atoms with Crippen LogP contribution in [0.25, 0.3) is 0 Å². The number of hydrogen-bond donors (Lipinski definition) is 1. The largest absolute Gasteiger partial charge is 0.348 e. The van der Waals surface area contributed by atoms with Crippen molar-refractivity contribution in [2.45, 2.75) is 26.3 Å². The van der Waals surface area contributed by atoms with Crippen LogP contribution in [0.2, 0.25) is 0 Å². The van der Waals surface area contributed by atoms with Crippen molar-refractivity contribution in [3.63, 3.8) is 0 Å². The summed E-state index contributed by atoms with van der Waals surface area (Å²) in [6, 6.07) is 1.23. The lowest BCUT2D eigenvalue weighted by molar-refractivity contribution is -0.384. The Bertz CT molecular complexity index is 471. The Hall–Kier alpha value is -1.56. The van der Waals surface area contributed by atoms with E-state index in [-0.39, 0.29) is 29.2 Å². The lowest BCUT2D eigenvalue weighted by atomic mass is 10.0. The van der Waals surface area contributed by atoms with Gasteiger partial charge in [-0.15, -0.1) is 11.6 Å². The molecule has 1 N–H and O–H groups in total. The quantitative estimate of drug-likeness (QED) is 0.495. The molecule has 1 unspecified atom stereocenters. The van der Waals surface area contributed by atoms with Crippen LogP contribution in [0, 0.1) is 16.0 Å². The fraction of sp³-hybridized carbons (Fsp3) is 0.583. The van der Waals surface area contributed by atoms with Gasteiger partial charge in [0.15, 0.2) is 0 Å². The average molecular weight is 288 g/mol. The molecule has 1 atom stereocenters. The van der Waals surface area contributed by atoms with Crippen LogP contribution in [-0.4, -0.2) is 27.3 Å². The number of carbonyl (C=O) groups is 1. The smallest absolute Gasteiger partial charge is 0.287 e. The van der Waals surface area contributed by atoms with Crippen molar-refractivity contribution in [3.8, 4) is 0 Å². The van der Waals surface area contributed by atoms with E-state index in [4.69, 9.17) is 11.6 Å². The normalized spacial score (nSPS) is 12.5. The third-order valence-electron chi connectivity index (χ3n) is 2.98. The fourth-order valence-corrected chi connectivity index (χ4v) is 2.04. The zero-order valence-corrected chi connectivity index (χ0v) is 12.0. The molecule has 1 heterocycles. The number of nitrogens with one attached hydrogen (secondary N) is 1. The van der Waals surface area contributed by atoms with Crippen molar-refractivity contribution in [2.75, 3.05) is 5.88 Å². The van der Waals surface area contributed by atoms with E-state index in [0.717, 1.165) is 0 Å². The molecule has 6 nitrogen and oxygen atoms in total. The van der Waals surface area contributed by atoms with E-state index in [1.54, 1.807) is 7.05 Å². The van der Waals surface area contributed by atoms with Crippen molar-refractivity contribution in [1.82, 2.24) is 9.88 Å². The minimum atomic E-state index is -0.518. The van der Waals surface area contributed by atoms with Gasteiger partial charge in [-0.05, 0) is 12.3 Å². The number of rotatable bonds is 6. The summed E-state index contributed by atoms with van der Waals surface area (Å²) in [5.41, 5.74) is 0.179. The van der Waals surface area contributed by atoms with Crippen LogP contribution in [-0.2, 0) is 7.05 Å². The Morgan fingerprint density at radius 1 is 1.58 bits per heavy atom. The predicted octanol–water partition coefficient (Wildman–Crippen LogP) is 2.32. The van der Waals surface area contributed by atoms with E-state index in [2.05, 4.69) is 5.32 Å². The van der Waals surface area contributed by atoms with Gasteiger partial charge < -0.3 is 9.88 Å². The molecule has 0 fully saturated rings. The molecule has 1 aromatic rings. The Labute approximate surface area is 116 Å². The third kappa shape index (κ3) is 3.96. The van der Waals surface area contributed by atoms with E-state index in [0.29, 0.717) is 12.3 Å². The van der Waals surface area contributed by atoms with Crippen LogP contribution < -0.4 is 5.32 Å². The number of aromatic nitrogens is 1. The molecule has 0 aliphatic carbocycles. The molecule has 1 amide bonds. The highest BCUT2D eigenvalue weighted by Gasteiger charge is 2.21. The SMILES string of the molecule is CC(C)C(CCCl)NC(=O)c1cc([N+](=O)[O-])cn1C. The molecular formula is C12H18ClN3O3. The summed E-state index contributed by atoms with van der Waals surface area (Å²) in [7, 11) is 1.61. The number of carbonyl (C=O) groups excluding carboxylic acids is 1. The van der Waals surface area contributed by atoms with Crippen molar-refractivity contribution >= 4 is 23.2 Å². The first kappa shape index (κ1) is 15.5. The van der Waals surface area contributed by atoms with Crippen LogP contribution in [0.5, 0.6) is 0 Å². The van der Waals surface area contributed by atoms with Crippen molar-refractivity contribution in [3.05, 3.63) is 28.1 Å². The van der Waals surface area contributed by atoms with Gasteiger partial charge in [0.25, 0.3) is 11.6 Å². The zero-order chi connectivity index (χ0) is 14.6. The van der Waals surface area contributed by atoms with Gasteiger partial charge in [-0.1, -0.05) is 13.8 Å². The number of aryl methyl sites for hydroxylation is 1. The molecule has 7 heteroatoms. The molecule has 0 aliphatic heterocycles. The van der Waals surface area contributed by atoms with E-state index in [1.807, 2.05) is 13.8 Å². The van der Waals surface area contributed by atoms with Crippen LogP contribution in [0.3, 0.4) is 0 Å². The molecule has 0 bridgehead atoms. The van der Waals surface area contributed by atoms with E-state index in [1.165, 1.54) is 16.8 Å². The van der Waals surface area contributed by atoms with Gasteiger partial charge in [0.2, 0.25) is 0 Å². The highest BCUT2D eigenvalue weighted by Crippen LogP contribution is 2.16. The number of halogens is 1. The maximum Gasteiger partial charge on any atom is 0.287 e. The van der Waals surface area contributed by atoms with Crippen molar-refractivity contribution in [1.29, 1.82) is 0 Å². The first-order valence-corrected chi connectivity index (χ1v) is 6.57. The zero-order valence-electron chi connectivity index (χ0n) is 11.2. The molecule has 1 rings (SSSR count). The minimum absolute atomic E-state index is 0.0426. The molecule has 0 spiro atoms. The molecule has 106 valence electrons. The fourth-order valence-electron chi connectivity index (χ4n) is 1.80. The Balaban J connectivity index is 2.85. The molecule has 0 saturated heterocycles. The van der Waals surface area contributed by atoms with Gasteiger partial charge in [0, 0.05) is 25.0 Å². The van der Waals surface area contributed by atoms with Crippen molar-refractivity contribution < 1.29 is 9.72 Å². The molecular weight excluding hydrogens is 270 g/mol. The summed E-state index contributed by atoms with van der Waals surface area (Å²) in [6.07, 6.45) is 1.98. The Kier molecular flexibility index (Phi) is 5.35.